The van der Waals surface area contributed by atoms with E-state index in [1.54, 1.807) is 0 Å². The Morgan fingerprint density at radius 1 is 0.794 bits per heavy atom. The summed E-state index contributed by atoms with van der Waals surface area (Å²) in [4.78, 5) is 7.18. The molecule has 4 heterocycles. The fraction of sp³-hybridized carbons (Fsp3) is 0.190. The Kier molecular flexibility index (Phi) is 4.99. The lowest BCUT2D eigenvalue weighted by molar-refractivity contribution is -0.143. The van der Waals surface area contributed by atoms with Crippen LogP contribution in [0.3, 0.4) is 0 Å². The van der Waals surface area contributed by atoms with Crippen LogP contribution in [0, 0.1) is 0 Å². The van der Waals surface area contributed by atoms with Crippen molar-refractivity contribution < 1.29 is 40.2 Å². The van der Waals surface area contributed by atoms with Crippen LogP contribution >= 0.6 is 0 Å². The second-order valence-electron chi connectivity index (χ2n) is 7.10. The van der Waals surface area contributed by atoms with Gasteiger partial charge in [-0.15, -0.1) is 0 Å². The number of benzene rings is 1. The van der Waals surface area contributed by atoms with Crippen LogP contribution in [0.4, 0.5) is 26.3 Å². The average Bonchev–Trinajstić information content (AvgIpc) is 3.48. The molecular formula is C21H12F6N4O3. The number of ether oxygens (including phenoxy) is 2. The first-order chi connectivity index (χ1) is 16.1. The molecule has 0 atom stereocenters. The summed E-state index contributed by atoms with van der Waals surface area (Å²) in [7, 11) is 0. The Morgan fingerprint density at radius 2 is 1.56 bits per heavy atom. The minimum atomic E-state index is -4.97. The standard InChI is InChI=1S/C21H12F6N4O3/c22-20(23,24)17-9-13(14-2-1-5-32-14)28-19(29-17)31-18(21(25,26)27)10-12(30-31)11-3-4-15-16(8-11)34-7-6-33-15/h1-5,8-10H,6-7H2. The van der Waals surface area contributed by atoms with Gasteiger partial charge in [0.05, 0.1) is 12.0 Å². The number of nitrogens with zero attached hydrogens (tertiary/aromatic N) is 4. The van der Waals surface area contributed by atoms with E-state index in [-0.39, 0.29) is 34.0 Å². The first-order valence-corrected chi connectivity index (χ1v) is 9.67. The molecule has 176 valence electrons. The fourth-order valence-corrected chi connectivity index (χ4v) is 3.30. The Balaban J connectivity index is 1.68. The zero-order valence-electron chi connectivity index (χ0n) is 16.8. The van der Waals surface area contributed by atoms with Gasteiger partial charge in [-0.2, -0.15) is 36.1 Å². The number of hydrogen-bond donors (Lipinski definition) is 0. The summed E-state index contributed by atoms with van der Waals surface area (Å²) in [6.45, 7) is 0.580. The second-order valence-corrected chi connectivity index (χ2v) is 7.10. The van der Waals surface area contributed by atoms with Gasteiger partial charge in [0, 0.05) is 5.56 Å². The van der Waals surface area contributed by atoms with Crippen molar-refractivity contribution in [3.8, 4) is 40.2 Å². The number of alkyl halides is 6. The van der Waals surface area contributed by atoms with Crippen molar-refractivity contribution in [2.24, 2.45) is 0 Å². The van der Waals surface area contributed by atoms with Crippen LogP contribution in [0.15, 0.2) is 53.1 Å². The van der Waals surface area contributed by atoms with Crippen LogP contribution in [0.1, 0.15) is 11.4 Å². The van der Waals surface area contributed by atoms with E-state index in [0.29, 0.717) is 30.2 Å². The van der Waals surface area contributed by atoms with E-state index in [2.05, 4.69) is 15.1 Å². The highest BCUT2D eigenvalue weighted by atomic mass is 19.4. The Labute approximate surface area is 186 Å². The fourth-order valence-electron chi connectivity index (χ4n) is 3.30. The van der Waals surface area contributed by atoms with Gasteiger partial charge in [-0.3, -0.25) is 0 Å². The summed E-state index contributed by atoms with van der Waals surface area (Å²) in [6, 6.07) is 8.40. The molecule has 0 radical (unpaired) electrons. The molecule has 1 aliphatic rings. The number of furan rings is 1. The van der Waals surface area contributed by atoms with Gasteiger partial charge < -0.3 is 13.9 Å². The highest BCUT2D eigenvalue weighted by molar-refractivity contribution is 5.65. The Bertz CT molecular complexity index is 1350. The van der Waals surface area contributed by atoms with Crippen molar-refractivity contribution in [2.45, 2.75) is 12.4 Å². The molecule has 0 amide bonds. The van der Waals surface area contributed by atoms with Gasteiger partial charge in [-0.05, 0) is 42.5 Å². The van der Waals surface area contributed by atoms with Gasteiger partial charge in [-0.1, -0.05) is 0 Å². The highest BCUT2D eigenvalue weighted by Crippen LogP contribution is 2.38. The molecule has 13 heteroatoms. The van der Waals surface area contributed by atoms with E-state index < -0.39 is 29.7 Å². The maximum Gasteiger partial charge on any atom is 0.433 e. The van der Waals surface area contributed by atoms with Crippen molar-refractivity contribution in [3.05, 3.63) is 60.1 Å². The molecule has 0 unspecified atom stereocenters. The monoisotopic (exact) mass is 482 g/mol. The van der Waals surface area contributed by atoms with Crippen LogP contribution in [-0.4, -0.2) is 33.0 Å². The van der Waals surface area contributed by atoms with E-state index in [1.807, 2.05) is 0 Å². The largest absolute Gasteiger partial charge is 0.486 e. The van der Waals surface area contributed by atoms with Crippen LogP contribution in [0.5, 0.6) is 11.5 Å². The van der Waals surface area contributed by atoms with Crippen molar-refractivity contribution in [2.75, 3.05) is 13.2 Å². The van der Waals surface area contributed by atoms with E-state index in [9.17, 15) is 26.3 Å². The molecule has 0 spiro atoms. The smallest absolute Gasteiger partial charge is 0.433 e. The third-order valence-corrected chi connectivity index (χ3v) is 4.81. The minimum absolute atomic E-state index is 0.0816. The zero-order chi connectivity index (χ0) is 24.1. The second kappa shape index (κ2) is 7.78. The first-order valence-electron chi connectivity index (χ1n) is 9.67. The minimum Gasteiger partial charge on any atom is -0.486 e. The number of aromatic nitrogens is 4. The topological polar surface area (TPSA) is 75.2 Å². The molecule has 0 bridgehead atoms. The molecule has 0 saturated heterocycles. The summed E-state index contributed by atoms with van der Waals surface area (Å²) >= 11 is 0. The summed E-state index contributed by atoms with van der Waals surface area (Å²) in [5.41, 5.74) is -3.11. The third kappa shape index (κ3) is 4.04. The molecule has 7 nitrogen and oxygen atoms in total. The van der Waals surface area contributed by atoms with Crippen molar-refractivity contribution in [1.82, 2.24) is 19.7 Å². The lowest BCUT2D eigenvalue weighted by Gasteiger charge is -2.18. The molecule has 0 N–H and O–H groups in total. The Hall–Kier alpha value is -4.03. The summed E-state index contributed by atoms with van der Waals surface area (Å²) in [5, 5.41) is 3.89. The molecule has 5 rings (SSSR count). The zero-order valence-corrected chi connectivity index (χ0v) is 16.8. The molecule has 0 aliphatic carbocycles. The number of hydrogen-bond acceptors (Lipinski definition) is 6. The quantitative estimate of drug-likeness (QED) is 0.364. The summed E-state index contributed by atoms with van der Waals surface area (Å²) in [5.74, 6) is -0.281. The predicted molar refractivity (Wildman–Crippen MR) is 103 cm³/mol. The molecule has 4 aromatic rings. The first kappa shape index (κ1) is 21.8. The number of fused-ring (bicyclic) bond motifs is 1. The number of halogens is 6. The van der Waals surface area contributed by atoms with Crippen LogP contribution < -0.4 is 9.47 Å². The van der Waals surface area contributed by atoms with Crippen molar-refractivity contribution in [1.29, 1.82) is 0 Å². The highest BCUT2D eigenvalue weighted by Gasteiger charge is 2.39. The predicted octanol–water partition coefficient (Wildman–Crippen LogP) is 5.40. The molecule has 0 saturated carbocycles. The van der Waals surface area contributed by atoms with Crippen molar-refractivity contribution >= 4 is 0 Å². The van der Waals surface area contributed by atoms with Crippen LogP contribution in [0.25, 0.3) is 28.7 Å². The molecule has 1 aliphatic heterocycles. The van der Waals surface area contributed by atoms with Crippen LogP contribution in [-0.2, 0) is 12.4 Å². The maximum atomic E-state index is 13.8. The van der Waals surface area contributed by atoms with Gasteiger partial charge in [0.25, 0.3) is 5.95 Å². The normalized spacial score (nSPS) is 13.8. The van der Waals surface area contributed by atoms with E-state index >= 15 is 0 Å². The molecule has 3 aromatic heterocycles. The molecule has 1 aromatic carbocycles. The van der Waals surface area contributed by atoms with E-state index in [1.165, 1.54) is 36.6 Å². The molecular weight excluding hydrogens is 470 g/mol. The van der Waals surface area contributed by atoms with E-state index in [4.69, 9.17) is 13.9 Å². The number of rotatable bonds is 3. The average molecular weight is 482 g/mol. The molecule has 0 fully saturated rings. The lowest BCUT2D eigenvalue weighted by atomic mass is 10.1. The summed E-state index contributed by atoms with van der Waals surface area (Å²) in [6.07, 6.45) is -8.73. The third-order valence-electron chi connectivity index (χ3n) is 4.81. The SMILES string of the molecule is FC(F)(F)c1cc(-c2ccco2)nc(-n2nc(-c3ccc4c(c3)OCCO4)cc2C(F)(F)F)n1. The summed E-state index contributed by atoms with van der Waals surface area (Å²) < 4.78 is 98.1. The van der Waals surface area contributed by atoms with Gasteiger partial charge >= 0.3 is 12.4 Å². The maximum absolute atomic E-state index is 13.8. The molecule has 34 heavy (non-hydrogen) atoms. The lowest BCUT2D eigenvalue weighted by Crippen LogP contribution is -2.18. The van der Waals surface area contributed by atoms with Gasteiger partial charge in [0.15, 0.2) is 28.6 Å². The van der Waals surface area contributed by atoms with Gasteiger partial charge in [0.2, 0.25) is 0 Å². The Morgan fingerprint density at radius 3 is 2.24 bits per heavy atom. The van der Waals surface area contributed by atoms with Crippen LogP contribution in [0.2, 0.25) is 0 Å². The van der Waals surface area contributed by atoms with Gasteiger partial charge in [0.1, 0.15) is 18.9 Å². The van der Waals surface area contributed by atoms with E-state index in [0.717, 1.165) is 0 Å². The van der Waals surface area contributed by atoms with Crippen molar-refractivity contribution in [3.63, 3.8) is 0 Å². The van der Waals surface area contributed by atoms with Gasteiger partial charge in [-0.25, -0.2) is 9.97 Å².